The Balaban J connectivity index is 2.33. The van der Waals surface area contributed by atoms with Gasteiger partial charge >= 0.3 is 5.97 Å². The van der Waals surface area contributed by atoms with Crippen molar-refractivity contribution in [3.63, 3.8) is 0 Å². The summed E-state index contributed by atoms with van der Waals surface area (Å²) in [4.78, 5) is 11.7. The van der Waals surface area contributed by atoms with Crippen LogP contribution in [0.4, 0.5) is 0 Å². The Labute approximate surface area is 135 Å². The van der Waals surface area contributed by atoms with Crippen molar-refractivity contribution in [2.45, 2.75) is 6.92 Å². The Morgan fingerprint density at radius 1 is 1.09 bits per heavy atom. The van der Waals surface area contributed by atoms with E-state index in [2.05, 4.69) is 17.9 Å². The molecule has 0 saturated carbocycles. The molecule has 112 valence electrons. The van der Waals surface area contributed by atoms with E-state index < -0.39 is 5.97 Å². The van der Waals surface area contributed by atoms with E-state index in [9.17, 15) is 4.79 Å². The molecule has 0 saturated heterocycles. The van der Waals surface area contributed by atoms with Crippen molar-refractivity contribution < 1.29 is 9.53 Å². The van der Waals surface area contributed by atoms with Crippen molar-refractivity contribution in [2.75, 3.05) is 6.61 Å². The third-order valence-corrected chi connectivity index (χ3v) is 2.99. The second kappa shape index (κ2) is 8.22. The molecule has 0 heterocycles. The van der Waals surface area contributed by atoms with Crippen molar-refractivity contribution in [3.05, 3.63) is 77.4 Å². The topological polar surface area (TPSA) is 50.1 Å². The molecule has 0 radical (unpaired) electrons. The summed E-state index contributed by atoms with van der Waals surface area (Å²) in [6, 6.07) is 18.5. The van der Waals surface area contributed by atoms with E-state index in [4.69, 9.17) is 10.00 Å². The summed E-state index contributed by atoms with van der Waals surface area (Å²) in [7, 11) is 0. The number of nitrogens with zero attached hydrogens (tertiary/aromatic N) is 1. The summed E-state index contributed by atoms with van der Waals surface area (Å²) in [5.74, 6) is 5.60. The number of nitriles is 1. The molecule has 0 aliphatic carbocycles. The van der Waals surface area contributed by atoms with Crippen LogP contribution in [0.2, 0.25) is 0 Å². The number of carbonyl (C=O) groups is 1. The van der Waals surface area contributed by atoms with Gasteiger partial charge in [-0.05, 0) is 36.8 Å². The highest BCUT2D eigenvalue weighted by molar-refractivity contribution is 5.96. The largest absolute Gasteiger partial charge is 0.463 e. The first kappa shape index (κ1) is 16.1. The molecule has 3 nitrogen and oxygen atoms in total. The van der Waals surface area contributed by atoms with Crippen molar-refractivity contribution in [1.82, 2.24) is 0 Å². The second-order valence-electron chi connectivity index (χ2n) is 4.62. The number of hydrogen-bond acceptors (Lipinski definition) is 3. The molecule has 0 unspecified atom stereocenters. The molecule has 2 rings (SSSR count). The van der Waals surface area contributed by atoms with Gasteiger partial charge in [0.2, 0.25) is 0 Å². The van der Waals surface area contributed by atoms with Crippen LogP contribution in [0.1, 0.15) is 23.6 Å². The molecule has 0 atom stereocenters. The van der Waals surface area contributed by atoms with Crippen molar-refractivity contribution in [3.8, 4) is 17.9 Å². The zero-order chi connectivity index (χ0) is 16.5. The Morgan fingerprint density at radius 3 is 2.35 bits per heavy atom. The highest BCUT2D eigenvalue weighted by Gasteiger charge is 2.03. The smallest absolute Gasteiger partial charge is 0.332 e. The lowest BCUT2D eigenvalue weighted by Crippen LogP contribution is -2.00. The van der Waals surface area contributed by atoms with Gasteiger partial charge in [-0.3, -0.25) is 0 Å². The van der Waals surface area contributed by atoms with Crippen LogP contribution in [0.15, 0.2) is 60.7 Å². The van der Waals surface area contributed by atoms with Crippen LogP contribution in [0.3, 0.4) is 0 Å². The number of benzene rings is 2. The van der Waals surface area contributed by atoms with Crippen LogP contribution < -0.4 is 0 Å². The Kier molecular flexibility index (Phi) is 5.74. The number of ether oxygens (including phenoxy) is 1. The van der Waals surface area contributed by atoms with Gasteiger partial charge in [0, 0.05) is 17.2 Å². The van der Waals surface area contributed by atoms with E-state index in [0.29, 0.717) is 17.7 Å². The van der Waals surface area contributed by atoms with Gasteiger partial charge in [0.25, 0.3) is 0 Å². The van der Waals surface area contributed by atoms with Gasteiger partial charge in [-0.1, -0.05) is 42.2 Å². The molecule has 0 N–H and O–H groups in total. The summed E-state index contributed by atoms with van der Waals surface area (Å²) >= 11 is 0. The minimum Gasteiger partial charge on any atom is -0.463 e. The van der Waals surface area contributed by atoms with Crippen molar-refractivity contribution >= 4 is 11.5 Å². The molecule has 0 fully saturated rings. The van der Waals surface area contributed by atoms with E-state index in [1.807, 2.05) is 30.3 Å². The minimum atomic E-state index is -0.416. The van der Waals surface area contributed by atoms with Crippen LogP contribution >= 0.6 is 0 Å². The highest BCUT2D eigenvalue weighted by atomic mass is 16.5. The van der Waals surface area contributed by atoms with Crippen LogP contribution in [-0.4, -0.2) is 12.6 Å². The van der Waals surface area contributed by atoms with E-state index in [0.717, 1.165) is 11.1 Å². The van der Waals surface area contributed by atoms with Gasteiger partial charge in [-0.15, -0.1) is 0 Å². The quantitative estimate of drug-likeness (QED) is 0.495. The van der Waals surface area contributed by atoms with Gasteiger partial charge in [-0.2, -0.15) is 5.26 Å². The summed E-state index contributed by atoms with van der Waals surface area (Å²) in [5.41, 5.74) is 2.80. The van der Waals surface area contributed by atoms with E-state index in [-0.39, 0.29) is 0 Å². The predicted molar refractivity (Wildman–Crippen MR) is 89.1 cm³/mol. The maximum atomic E-state index is 11.7. The van der Waals surface area contributed by atoms with Gasteiger partial charge in [-0.25, -0.2) is 4.79 Å². The standard InChI is InChI=1S/C20H15NO2/c1-2-23-20(22)14-19(18-6-4-3-5-7-18)13-12-16-8-10-17(15-21)11-9-16/h3-11,14H,2H2,1H3/b19-14+. The van der Waals surface area contributed by atoms with Crippen LogP contribution in [0.5, 0.6) is 0 Å². The fourth-order valence-electron chi connectivity index (χ4n) is 1.88. The maximum Gasteiger partial charge on any atom is 0.332 e. The number of carbonyl (C=O) groups excluding carboxylic acids is 1. The lowest BCUT2D eigenvalue weighted by molar-refractivity contribution is -0.137. The molecule has 2 aromatic carbocycles. The molecule has 0 aromatic heterocycles. The number of hydrogen-bond donors (Lipinski definition) is 0. The average molecular weight is 301 g/mol. The van der Waals surface area contributed by atoms with Gasteiger partial charge < -0.3 is 4.74 Å². The lowest BCUT2D eigenvalue weighted by Gasteiger charge is -2.01. The highest BCUT2D eigenvalue weighted by Crippen LogP contribution is 2.14. The van der Waals surface area contributed by atoms with E-state index >= 15 is 0 Å². The molecular weight excluding hydrogens is 286 g/mol. The van der Waals surface area contributed by atoms with Gasteiger partial charge in [0.15, 0.2) is 0 Å². The molecule has 0 bridgehead atoms. The molecule has 0 aliphatic rings. The lowest BCUT2D eigenvalue weighted by atomic mass is 10.1. The number of rotatable bonds is 3. The molecule has 0 amide bonds. The molecule has 0 aliphatic heterocycles. The first-order valence-corrected chi connectivity index (χ1v) is 7.19. The van der Waals surface area contributed by atoms with Crippen LogP contribution in [0, 0.1) is 23.2 Å². The predicted octanol–water partition coefficient (Wildman–Crippen LogP) is 3.56. The Bertz CT molecular complexity index is 801. The Morgan fingerprint density at radius 2 is 1.74 bits per heavy atom. The maximum absolute atomic E-state index is 11.7. The van der Waals surface area contributed by atoms with Crippen molar-refractivity contribution in [2.24, 2.45) is 0 Å². The normalized spacial score (nSPS) is 10.2. The monoisotopic (exact) mass is 301 g/mol. The van der Waals surface area contributed by atoms with E-state index in [1.165, 1.54) is 6.08 Å². The van der Waals surface area contributed by atoms with Gasteiger partial charge in [0.05, 0.1) is 18.2 Å². The Hall–Kier alpha value is -3.30. The third-order valence-electron chi connectivity index (χ3n) is 2.99. The number of esters is 1. The fourth-order valence-corrected chi connectivity index (χ4v) is 1.88. The van der Waals surface area contributed by atoms with Crippen LogP contribution in [0.25, 0.3) is 5.57 Å². The van der Waals surface area contributed by atoms with Crippen LogP contribution in [-0.2, 0) is 9.53 Å². The molecule has 0 spiro atoms. The molecule has 2 aromatic rings. The zero-order valence-electron chi connectivity index (χ0n) is 12.7. The fraction of sp³-hybridized carbons (Fsp3) is 0.100. The first-order valence-electron chi connectivity index (χ1n) is 7.19. The minimum absolute atomic E-state index is 0.320. The summed E-state index contributed by atoms with van der Waals surface area (Å²) in [6.07, 6.45) is 1.40. The summed E-state index contributed by atoms with van der Waals surface area (Å²) in [6.45, 7) is 2.08. The summed E-state index contributed by atoms with van der Waals surface area (Å²) < 4.78 is 4.96. The van der Waals surface area contributed by atoms with E-state index in [1.54, 1.807) is 31.2 Å². The number of allylic oxidation sites excluding steroid dienone is 1. The SMILES string of the molecule is CCOC(=O)/C=C(\C#Cc1ccc(C#N)cc1)c1ccccc1. The first-order chi connectivity index (χ1) is 11.2. The summed E-state index contributed by atoms with van der Waals surface area (Å²) in [5, 5.41) is 8.80. The van der Waals surface area contributed by atoms with Crippen molar-refractivity contribution in [1.29, 1.82) is 5.26 Å². The zero-order valence-corrected chi connectivity index (χ0v) is 12.7. The molecule has 23 heavy (non-hydrogen) atoms. The molecular formula is C20H15NO2. The third kappa shape index (κ3) is 4.88. The van der Waals surface area contributed by atoms with Gasteiger partial charge in [0.1, 0.15) is 0 Å². The average Bonchev–Trinajstić information content (AvgIpc) is 2.60. The second-order valence-corrected chi connectivity index (χ2v) is 4.62. The molecule has 3 heteroatoms.